The van der Waals surface area contributed by atoms with Crippen LogP contribution in [0.1, 0.15) is 53.6 Å². The number of pyridine rings is 1. The maximum Gasteiger partial charge on any atom is 0.269 e. The van der Waals surface area contributed by atoms with E-state index in [0.29, 0.717) is 18.8 Å². The summed E-state index contributed by atoms with van der Waals surface area (Å²) in [5, 5.41) is 2.78. The maximum absolute atomic E-state index is 11.8. The predicted molar refractivity (Wildman–Crippen MR) is 74.2 cm³/mol. The van der Waals surface area contributed by atoms with Gasteiger partial charge in [0.15, 0.2) is 5.78 Å². The van der Waals surface area contributed by atoms with Crippen molar-refractivity contribution in [2.24, 2.45) is 0 Å². The summed E-state index contributed by atoms with van der Waals surface area (Å²) in [5.41, 5.74) is 7.60. The van der Waals surface area contributed by atoms with Gasteiger partial charge in [-0.25, -0.2) is 4.98 Å². The molecule has 0 spiro atoms. The van der Waals surface area contributed by atoms with Crippen LogP contribution in [0.25, 0.3) is 5.73 Å². The third-order valence-electron chi connectivity index (χ3n) is 2.73. The first-order valence-corrected chi connectivity index (χ1v) is 6.56. The first-order valence-electron chi connectivity index (χ1n) is 6.56. The molecular weight excluding hydrogens is 331 g/mol. The largest absolute Gasteiger partial charge is 0.677 e. The fraction of sp³-hybridized carbons (Fsp3) is 0.500. The van der Waals surface area contributed by atoms with Gasteiger partial charge in [-0.3, -0.25) is 9.59 Å². The Morgan fingerprint density at radius 3 is 2.45 bits per heavy atom. The number of Topliss-reactive ketones (excluding diaryl/α,β-unsaturated/α-hetero) is 1. The molecule has 20 heavy (non-hydrogen) atoms. The smallest absolute Gasteiger partial charge is 0.269 e. The summed E-state index contributed by atoms with van der Waals surface area (Å²) in [7, 11) is 0. The zero-order valence-corrected chi connectivity index (χ0v) is 14.7. The van der Waals surface area contributed by atoms with Crippen molar-refractivity contribution in [1.29, 1.82) is 0 Å². The third-order valence-corrected chi connectivity index (χ3v) is 2.73. The van der Waals surface area contributed by atoms with E-state index in [4.69, 9.17) is 5.73 Å². The standard InChI is InChI=1S/C14H20N3O2.Y/c1-11(18)12-7-6-8-13(17-12)14(19)16-10-5-3-2-4-9-15;/h6-8,15H,2-5,9-10H2,1H3,(H,16,19);/q-1;. The topological polar surface area (TPSA) is 82.9 Å². The third kappa shape index (κ3) is 7.22. The van der Waals surface area contributed by atoms with Crippen molar-refractivity contribution in [3.63, 3.8) is 0 Å². The molecule has 1 aromatic heterocycles. The van der Waals surface area contributed by atoms with Crippen LogP contribution in [0.15, 0.2) is 18.2 Å². The van der Waals surface area contributed by atoms with Crippen molar-refractivity contribution in [1.82, 2.24) is 10.3 Å². The van der Waals surface area contributed by atoms with Gasteiger partial charge < -0.3 is 11.1 Å². The second-order valence-electron chi connectivity index (χ2n) is 4.38. The molecule has 107 valence electrons. The summed E-state index contributed by atoms with van der Waals surface area (Å²) >= 11 is 0. The Balaban J connectivity index is 0.00000361. The molecule has 0 unspecified atom stereocenters. The molecule has 2 N–H and O–H groups in total. The van der Waals surface area contributed by atoms with E-state index in [1.165, 1.54) is 6.92 Å². The number of aromatic nitrogens is 1. The minimum Gasteiger partial charge on any atom is -0.677 e. The molecule has 0 bridgehead atoms. The molecule has 0 atom stereocenters. The van der Waals surface area contributed by atoms with Crippen LogP contribution in [0.3, 0.4) is 0 Å². The molecule has 1 radical (unpaired) electrons. The Labute approximate surface area is 145 Å². The van der Waals surface area contributed by atoms with Gasteiger partial charge in [0.05, 0.1) is 0 Å². The van der Waals surface area contributed by atoms with E-state index >= 15 is 0 Å². The second-order valence-corrected chi connectivity index (χ2v) is 4.38. The molecule has 1 amide bonds. The Kier molecular flexibility index (Phi) is 10.7. The van der Waals surface area contributed by atoms with Crippen molar-refractivity contribution in [2.45, 2.75) is 32.6 Å². The molecule has 0 aliphatic heterocycles. The number of carbonyl (C=O) groups excluding carboxylic acids is 2. The van der Waals surface area contributed by atoms with Crippen LogP contribution in [-0.2, 0) is 32.7 Å². The number of hydrogen-bond acceptors (Lipinski definition) is 3. The zero-order valence-electron chi connectivity index (χ0n) is 11.8. The summed E-state index contributed by atoms with van der Waals surface area (Å²) in [6.45, 7) is 2.49. The normalized spacial score (nSPS) is 9.70. The molecule has 0 aliphatic carbocycles. The van der Waals surface area contributed by atoms with Gasteiger partial charge in [0, 0.05) is 46.2 Å². The fourth-order valence-corrected chi connectivity index (χ4v) is 1.65. The predicted octanol–water partition coefficient (Wildman–Crippen LogP) is 2.62. The van der Waals surface area contributed by atoms with Crippen LogP contribution in [-0.4, -0.2) is 29.8 Å². The Morgan fingerprint density at radius 1 is 1.15 bits per heavy atom. The molecule has 5 nitrogen and oxygen atoms in total. The molecule has 6 heteroatoms. The van der Waals surface area contributed by atoms with Gasteiger partial charge in [-0.05, 0) is 18.6 Å². The molecule has 0 aliphatic rings. The Bertz CT molecular complexity index is 438. The number of nitrogens with zero attached hydrogens (tertiary/aromatic N) is 1. The van der Waals surface area contributed by atoms with E-state index < -0.39 is 0 Å². The van der Waals surface area contributed by atoms with Crippen molar-refractivity contribution >= 4 is 11.7 Å². The molecule has 0 aromatic carbocycles. The number of rotatable bonds is 8. The number of unbranched alkanes of at least 4 members (excludes halogenated alkanes) is 3. The first-order chi connectivity index (χ1) is 9.15. The van der Waals surface area contributed by atoms with Crippen LogP contribution in [0, 0.1) is 0 Å². The average Bonchev–Trinajstić information content (AvgIpc) is 2.42. The molecule has 1 rings (SSSR count). The van der Waals surface area contributed by atoms with E-state index in [-0.39, 0.29) is 50.1 Å². The van der Waals surface area contributed by atoms with Crippen LogP contribution in [0.2, 0.25) is 0 Å². The second kappa shape index (κ2) is 11.1. The Morgan fingerprint density at radius 2 is 1.80 bits per heavy atom. The first kappa shape index (κ1) is 19.4. The quantitative estimate of drug-likeness (QED) is 0.577. The molecule has 1 heterocycles. The number of hydrogen-bond donors (Lipinski definition) is 1. The van der Waals surface area contributed by atoms with E-state index in [2.05, 4.69) is 10.3 Å². The average molecular weight is 351 g/mol. The van der Waals surface area contributed by atoms with Crippen LogP contribution in [0.4, 0.5) is 0 Å². The maximum atomic E-state index is 11.8. The summed E-state index contributed by atoms with van der Waals surface area (Å²) in [6, 6.07) is 4.86. The van der Waals surface area contributed by atoms with Crippen LogP contribution in [0.5, 0.6) is 0 Å². The Hall–Kier alpha value is -0.646. The van der Waals surface area contributed by atoms with Gasteiger partial charge in [-0.1, -0.05) is 25.3 Å². The zero-order chi connectivity index (χ0) is 14.1. The van der Waals surface area contributed by atoms with E-state index in [1.807, 2.05) is 0 Å². The summed E-state index contributed by atoms with van der Waals surface area (Å²) in [5.74, 6) is -0.395. The molecule has 0 saturated carbocycles. The molecule has 0 fully saturated rings. The van der Waals surface area contributed by atoms with Crippen LogP contribution >= 0.6 is 0 Å². The molecule has 0 saturated heterocycles. The summed E-state index contributed by atoms with van der Waals surface area (Å²) in [6.07, 6.45) is 3.85. The van der Waals surface area contributed by atoms with Gasteiger partial charge >= 0.3 is 0 Å². The minimum atomic E-state index is -0.247. The van der Waals surface area contributed by atoms with Gasteiger partial charge in [0.25, 0.3) is 5.91 Å². The van der Waals surface area contributed by atoms with Crippen molar-refractivity contribution in [3.8, 4) is 0 Å². The van der Waals surface area contributed by atoms with E-state index in [9.17, 15) is 9.59 Å². The minimum absolute atomic E-state index is 0. The molecular formula is C14H20N3O2Y-. The molecule has 1 aromatic rings. The number of carbonyl (C=O) groups is 2. The van der Waals surface area contributed by atoms with Gasteiger partial charge in [0.2, 0.25) is 0 Å². The SMILES string of the molecule is CC(=O)c1cccc(C(=O)NCCCCCC[NH-])n1.[Y]. The van der Waals surface area contributed by atoms with Crippen LogP contribution < -0.4 is 5.32 Å². The van der Waals surface area contributed by atoms with Crippen molar-refractivity contribution in [3.05, 3.63) is 35.3 Å². The monoisotopic (exact) mass is 351 g/mol. The van der Waals surface area contributed by atoms with E-state index in [0.717, 1.165) is 25.7 Å². The van der Waals surface area contributed by atoms with Gasteiger partial charge in [0.1, 0.15) is 11.4 Å². The number of nitrogens with one attached hydrogen (secondary N) is 2. The summed E-state index contributed by atoms with van der Waals surface area (Å²) in [4.78, 5) is 27.0. The number of ketones is 1. The van der Waals surface area contributed by atoms with Crippen molar-refractivity contribution in [2.75, 3.05) is 13.1 Å². The van der Waals surface area contributed by atoms with E-state index in [1.54, 1.807) is 18.2 Å². The van der Waals surface area contributed by atoms with Gasteiger partial charge in [-0.2, -0.15) is 6.54 Å². The van der Waals surface area contributed by atoms with Crippen molar-refractivity contribution < 1.29 is 42.3 Å². The summed E-state index contributed by atoms with van der Waals surface area (Å²) < 4.78 is 0. The van der Waals surface area contributed by atoms with Gasteiger partial charge in [-0.15, -0.1) is 0 Å². The fourth-order valence-electron chi connectivity index (χ4n) is 1.65. The number of amides is 1.